The average Bonchev–Trinajstić information content (AvgIpc) is 2.93. The van der Waals surface area contributed by atoms with E-state index in [0.717, 1.165) is 37.0 Å². The molecule has 3 nitrogen and oxygen atoms in total. The van der Waals surface area contributed by atoms with Crippen molar-refractivity contribution < 1.29 is 8.42 Å². The maximum absolute atomic E-state index is 12.8. The SMILES string of the molecule is CCc1ccc(S(=O)(=O)N2C3CCC2CC(Cl)C3)s1. The van der Waals surface area contributed by atoms with Gasteiger partial charge in [-0.3, -0.25) is 0 Å². The molecule has 19 heavy (non-hydrogen) atoms. The van der Waals surface area contributed by atoms with Crippen LogP contribution in [0.2, 0.25) is 0 Å². The molecule has 2 aliphatic heterocycles. The highest BCUT2D eigenvalue weighted by Gasteiger charge is 2.47. The topological polar surface area (TPSA) is 37.4 Å². The molecule has 0 aliphatic carbocycles. The smallest absolute Gasteiger partial charge is 0.206 e. The van der Waals surface area contributed by atoms with Crippen molar-refractivity contribution in [1.29, 1.82) is 0 Å². The molecule has 2 unspecified atom stereocenters. The van der Waals surface area contributed by atoms with Gasteiger partial charge in [0.25, 0.3) is 10.0 Å². The number of halogens is 1. The number of nitrogens with zero attached hydrogens (tertiary/aromatic N) is 1. The summed E-state index contributed by atoms with van der Waals surface area (Å²) in [5.74, 6) is 0. The zero-order chi connectivity index (χ0) is 13.6. The fourth-order valence-corrected chi connectivity index (χ4v) is 6.95. The lowest BCUT2D eigenvalue weighted by molar-refractivity contribution is 0.252. The van der Waals surface area contributed by atoms with E-state index in [0.29, 0.717) is 4.21 Å². The van der Waals surface area contributed by atoms with Crippen LogP contribution in [0.15, 0.2) is 16.3 Å². The van der Waals surface area contributed by atoms with Crippen molar-refractivity contribution in [3.63, 3.8) is 0 Å². The standard InChI is InChI=1S/C13H18ClNO2S2/c1-2-12-5-6-13(18-12)19(16,17)15-10-3-4-11(15)8-9(14)7-10/h5-6,9-11H,2-4,7-8H2,1H3. The van der Waals surface area contributed by atoms with Gasteiger partial charge in [0, 0.05) is 22.3 Å². The Morgan fingerprint density at radius 2 is 1.95 bits per heavy atom. The highest BCUT2D eigenvalue weighted by atomic mass is 35.5. The third-order valence-electron chi connectivity index (χ3n) is 4.13. The number of aryl methyl sites for hydroxylation is 1. The number of piperidine rings is 1. The van der Waals surface area contributed by atoms with Crippen molar-refractivity contribution in [2.45, 2.75) is 60.7 Å². The summed E-state index contributed by atoms with van der Waals surface area (Å²) in [4.78, 5) is 1.12. The Kier molecular flexibility index (Phi) is 3.67. The van der Waals surface area contributed by atoms with Gasteiger partial charge in [-0.1, -0.05) is 6.92 Å². The second-order valence-corrected chi connectivity index (χ2v) is 9.22. The van der Waals surface area contributed by atoms with Crippen LogP contribution in [0.4, 0.5) is 0 Å². The molecule has 3 heterocycles. The molecule has 2 fully saturated rings. The summed E-state index contributed by atoms with van der Waals surface area (Å²) in [5.41, 5.74) is 0. The van der Waals surface area contributed by atoms with Gasteiger partial charge in [0.15, 0.2) is 0 Å². The van der Waals surface area contributed by atoms with Gasteiger partial charge in [0.05, 0.1) is 0 Å². The Balaban J connectivity index is 1.93. The highest BCUT2D eigenvalue weighted by molar-refractivity contribution is 7.91. The molecule has 0 spiro atoms. The lowest BCUT2D eigenvalue weighted by Crippen LogP contribution is -2.46. The van der Waals surface area contributed by atoms with Gasteiger partial charge in [-0.2, -0.15) is 4.31 Å². The Hall–Kier alpha value is -0.100. The van der Waals surface area contributed by atoms with Crippen molar-refractivity contribution >= 4 is 33.0 Å². The van der Waals surface area contributed by atoms with Gasteiger partial charge in [-0.15, -0.1) is 22.9 Å². The first kappa shape index (κ1) is 13.9. The zero-order valence-electron chi connectivity index (χ0n) is 10.9. The van der Waals surface area contributed by atoms with Crippen LogP contribution in [0, 0.1) is 0 Å². The second-order valence-electron chi connectivity index (χ2n) is 5.36. The number of alkyl halides is 1. The van der Waals surface area contributed by atoms with Gasteiger partial charge in [-0.05, 0) is 44.2 Å². The predicted octanol–water partition coefficient (Wildman–Crippen LogP) is 3.23. The minimum Gasteiger partial charge on any atom is -0.206 e. The van der Waals surface area contributed by atoms with Gasteiger partial charge in [0.2, 0.25) is 0 Å². The van der Waals surface area contributed by atoms with Crippen molar-refractivity contribution in [3.05, 3.63) is 17.0 Å². The molecule has 0 aromatic carbocycles. The molecule has 0 radical (unpaired) electrons. The fourth-order valence-electron chi connectivity index (χ4n) is 3.25. The molecule has 1 aromatic heterocycles. The van der Waals surface area contributed by atoms with Crippen LogP contribution in [0.5, 0.6) is 0 Å². The minimum atomic E-state index is -3.32. The van der Waals surface area contributed by atoms with Crippen LogP contribution in [-0.4, -0.2) is 30.2 Å². The first-order valence-electron chi connectivity index (χ1n) is 6.78. The monoisotopic (exact) mass is 319 g/mol. The zero-order valence-corrected chi connectivity index (χ0v) is 13.3. The minimum absolute atomic E-state index is 0.110. The van der Waals surface area contributed by atoms with Gasteiger partial charge < -0.3 is 0 Å². The molecule has 3 rings (SSSR count). The lowest BCUT2D eigenvalue weighted by Gasteiger charge is -2.35. The van der Waals surface area contributed by atoms with Crippen molar-refractivity contribution in [1.82, 2.24) is 4.31 Å². The summed E-state index contributed by atoms with van der Waals surface area (Å²) in [6.07, 6.45) is 4.39. The molecule has 6 heteroatoms. The molecular weight excluding hydrogens is 302 g/mol. The first-order valence-corrected chi connectivity index (χ1v) is 9.48. The molecule has 2 bridgehead atoms. The van der Waals surface area contributed by atoms with Crippen LogP contribution >= 0.6 is 22.9 Å². The number of hydrogen-bond donors (Lipinski definition) is 0. The fraction of sp³-hybridized carbons (Fsp3) is 0.692. The number of hydrogen-bond acceptors (Lipinski definition) is 3. The average molecular weight is 320 g/mol. The van der Waals surface area contributed by atoms with E-state index in [1.807, 2.05) is 13.0 Å². The van der Waals surface area contributed by atoms with Crippen molar-refractivity contribution in [2.75, 3.05) is 0 Å². The summed E-state index contributed by atoms with van der Waals surface area (Å²) < 4.78 is 27.8. The third-order valence-corrected chi connectivity index (χ3v) is 8.18. The maximum atomic E-state index is 12.8. The summed E-state index contributed by atoms with van der Waals surface area (Å²) >= 11 is 7.62. The van der Waals surface area contributed by atoms with E-state index in [-0.39, 0.29) is 17.5 Å². The lowest BCUT2D eigenvalue weighted by atomic mass is 10.1. The first-order chi connectivity index (χ1) is 9.02. The molecule has 106 valence electrons. The summed E-state index contributed by atoms with van der Waals surface area (Å²) in [6.45, 7) is 2.05. The molecule has 2 saturated heterocycles. The van der Waals surface area contributed by atoms with Gasteiger partial charge >= 0.3 is 0 Å². The quantitative estimate of drug-likeness (QED) is 0.802. The van der Waals surface area contributed by atoms with Gasteiger partial charge in [0.1, 0.15) is 4.21 Å². The molecule has 2 aliphatic rings. The number of rotatable bonds is 3. The predicted molar refractivity (Wildman–Crippen MR) is 78.4 cm³/mol. The van der Waals surface area contributed by atoms with Crippen LogP contribution in [0.25, 0.3) is 0 Å². The Labute approximate surface area is 123 Å². The number of thiophene rings is 1. The van der Waals surface area contributed by atoms with Crippen molar-refractivity contribution in [2.24, 2.45) is 0 Å². The molecular formula is C13H18ClNO2S2. The van der Waals surface area contributed by atoms with Crippen LogP contribution in [-0.2, 0) is 16.4 Å². The normalized spacial score (nSPS) is 31.8. The van der Waals surface area contributed by atoms with E-state index in [2.05, 4.69) is 0 Å². The Bertz CT molecular complexity index is 555. The number of sulfonamides is 1. The van der Waals surface area contributed by atoms with E-state index in [9.17, 15) is 8.42 Å². The Morgan fingerprint density at radius 3 is 2.47 bits per heavy atom. The number of fused-ring (bicyclic) bond motifs is 2. The second kappa shape index (κ2) is 5.02. The van der Waals surface area contributed by atoms with E-state index in [1.54, 1.807) is 10.4 Å². The van der Waals surface area contributed by atoms with Crippen LogP contribution < -0.4 is 0 Å². The summed E-state index contributed by atoms with van der Waals surface area (Å²) in [6, 6.07) is 3.90. The van der Waals surface area contributed by atoms with Crippen LogP contribution in [0.3, 0.4) is 0 Å². The van der Waals surface area contributed by atoms with E-state index >= 15 is 0 Å². The van der Waals surface area contributed by atoms with E-state index in [1.165, 1.54) is 11.3 Å². The summed E-state index contributed by atoms with van der Waals surface area (Å²) in [7, 11) is -3.32. The third kappa shape index (κ3) is 2.35. The summed E-state index contributed by atoms with van der Waals surface area (Å²) in [5, 5.41) is 0.137. The highest BCUT2D eigenvalue weighted by Crippen LogP contribution is 2.42. The van der Waals surface area contributed by atoms with Crippen LogP contribution in [0.1, 0.15) is 37.5 Å². The van der Waals surface area contributed by atoms with Gasteiger partial charge in [-0.25, -0.2) is 8.42 Å². The molecule has 0 saturated carbocycles. The van der Waals surface area contributed by atoms with Crippen molar-refractivity contribution in [3.8, 4) is 0 Å². The van der Waals surface area contributed by atoms with E-state index in [4.69, 9.17) is 11.6 Å². The maximum Gasteiger partial charge on any atom is 0.253 e. The Morgan fingerprint density at radius 1 is 1.32 bits per heavy atom. The molecule has 0 amide bonds. The molecule has 2 atom stereocenters. The largest absolute Gasteiger partial charge is 0.253 e. The molecule has 0 N–H and O–H groups in total. The molecule has 1 aromatic rings. The van der Waals surface area contributed by atoms with E-state index < -0.39 is 10.0 Å².